The first-order valence-electron chi connectivity index (χ1n) is 7.49. The summed E-state index contributed by atoms with van der Waals surface area (Å²) in [5.41, 5.74) is 0. The molecule has 1 fully saturated rings. The van der Waals surface area contributed by atoms with Gasteiger partial charge in [-0.3, -0.25) is 9.69 Å². The Morgan fingerprint density at radius 3 is 2.21 bits per heavy atom. The quantitative estimate of drug-likeness (QED) is 0.825. The molecule has 4 heteroatoms. The molecule has 1 saturated heterocycles. The number of aliphatic hydroxyl groups is 1. The molecule has 1 aliphatic heterocycles. The van der Waals surface area contributed by atoms with Crippen LogP contribution in [0.4, 0.5) is 0 Å². The van der Waals surface area contributed by atoms with E-state index in [2.05, 4.69) is 32.6 Å². The van der Waals surface area contributed by atoms with E-state index < -0.39 is 6.10 Å². The van der Waals surface area contributed by atoms with Gasteiger partial charge in [0.25, 0.3) is 0 Å². The Morgan fingerprint density at radius 2 is 1.79 bits per heavy atom. The highest BCUT2D eigenvalue weighted by molar-refractivity contribution is 5.78. The summed E-state index contributed by atoms with van der Waals surface area (Å²) in [6, 6.07) is 0.276. The van der Waals surface area contributed by atoms with E-state index in [1.165, 1.54) is 6.42 Å². The molecule has 19 heavy (non-hydrogen) atoms. The molecule has 1 heterocycles. The van der Waals surface area contributed by atoms with Gasteiger partial charge in [-0.2, -0.15) is 0 Å². The fourth-order valence-corrected chi connectivity index (χ4v) is 2.94. The van der Waals surface area contributed by atoms with E-state index in [0.29, 0.717) is 24.9 Å². The van der Waals surface area contributed by atoms with Gasteiger partial charge >= 0.3 is 0 Å². The Morgan fingerprint density at radius 1 is 1.26 bits per heavy atom. The van der Waals surface area contributed by atoms with Crippen molar-refractivity contribution in [3.8, 4) is 0 Å². The maximum Gasteiger partial charge on any atom is 0.236 e. The van der Waals surface area contributed by atoms with Crippen LogP contribution >= 0.6 is 0 Å². The third kappa shape index (κ3) is 5.49. The highest BCUT2D eigenvalue weighted by Gasteiger charge is 2.27. The first-order valence-corrected chi connectivity index (χ1v) is 7.49. The highest BCUT2D eigenvalue weighted by Crippen LogP contribution is 2.21. The Balaban J connectivity index is 2.56. The van der Waals surface area contributed by atoms with Crippen LogP contribution < -0.4 is 0 Å². The standard InChI is InChI=1S/C15H30N2O2/c1-11(2)16(9-14(5)18)10-15(19)17-7-12(3)6-13(4)8-17/h11-14,18H,6-10H2,1-5H3. The fourth-order valence-electron chi connectivity index (χ4n) is 2.94. The van der Waals surface area contributed by atoms with E-state index in [9.17, 15) is 9.90 Å². The predicted octanol–water partition coefficient (Wildman–Crippen LogP) is 1.58. The Kier molecular flexibility index (Phi) is 6.27. The van der Waals surface area contributed by atoms with Crippen molar-refractivity contribution in [2.45, 2.75) is 53.2 Å². The van der Waals surface area contributed by atoms with Crippen LogP contribution in [0.15, 0.2) is 0 Å². The van der Waals surface area contributed by atoms with E-state index in [4.69, 9.17) is 0 Å². The number of likely N-dealkylation sites (tertiary alicyclic amines) is 1. The molecule has 0 radical (unpaired) electrons. The number of hydrogen-bond donors (Lipinski definition) is 1. The van der Waals surface area contributed by atoms with E-state index in [0.717, 1.165) is 13.1 Å². The van der Waals surface area contributed by atoms with Crippen LogP contribution in [0.2, 0.25) is 0 Å². The first kappa shape index (κ1) is 16.4. The Bertz CT molecular complexity index is 282. The molecule has 3 unspecified atom stereocenters. The monoisotopic (exact) mass is 270 g/mol. The lowest BCUT2D eigenvalue weighted by atomic mass is 9.92. The zero-order chi connectivity index (χ0) is 14.6. The molecule has 0 aromatic rings. The van der Waals surface area contributed by atoms with Crippen LogP contribution in [-0.2, 0) is 4.79 Å². The molecule has 4 nitrogen and oxygen atoms in total. The van der Waals surface area contributed by atoms with Crippen molar-refractivity contribution in [3.05, 3.63) is 0 Å². The molecule has 3 atom stereocenters. The molecule has 1 aliphatic rings. The van der Waals surface area contributed by atoms with Crippen LogP contribution in [0.5, 0.6) is 0 Å². The van der Waals surface area contributed by atoms with Gasteiger partial charge in [-0.1, -0.05) is 13.8 Å². The number of rotatable bonds is 5. The summed E-state index contributed by atoms with van der Waals surface area (Å²) in [7, 11) is 0. The fraction of sp³-hybridized carbons (Fsp3) is 0.933. The number of hydrogen-bond acceptors (Lipinski definition) is 3. The molecule has 1 N–H and O–H groups in total. The minimum Gasteiger partial charge on any atom is -0.392 e. The third-order valence-electron chi connectivity index (χ3n) is 3.79. The first-order chi connectivity index (χ1) is 8.79. The number of nitrogens with zero attached hydrogens (tertiary/aromatic N) is 2. The molecule has 0 spiro atoms. The number of carbonyl (C=O) groups is 1. The average Bonchev–Trinajstić information content (AvgIpc) is 2.25. The van der Waals surface area contributed by atoms with Gasteiger partial charge in [-0.15, -0.1) is 0 Å². The van der Waals surface area contributed by atoms with Crippen molar-refractivity contribution >= 4 is 5.91 Å². The molecule has 0 saturated carbocycles. The zero-order valence-corrected chi connectivity index (χ0v) is 13.1. The average molecular weight is 270 g/mol. The molecule has 112 valence electrons. The number of aliphatic hydroxyl groups excluding tert-OH is 1. The van der Waals surface area contributed by atoms with Crippen LogP contribution in [0, 0.1) is 11.8 Å². The zero-order valence-electron chi connectivity index (χ0n) is 13.1. The van der Waals surface area contributed by atoms with Crippen molar-refractivity contribution in [3.63, 3.8) is 0 Å². The Hall–Kier alpha value is -0.610. The van der Waals surface area contributed by atoms with Crippen molar-refractivity contribution in [2.24, 2.45) is 11.8 Å². The molecule has 0 bridgehead atoms. The lowest BCUT2D eigenvalue weighted by molar-refractivity contribution is -0.135. The number of carbonyl (C=O) groups excluding carboxylic acids is 1. The molecule has 0 aromatic carbocycles. The van der Waals surface area contributed by atoms with E-state index >= 15 is 0 Å². The molecular formula is C15H30N2O2. The summed E-state index contributed by atoms with van der Waals surface area (Å²) in [5, 5.41) is 9.51. The summed E-state index contributed by atoms with van der Waals surface area (Å²) in [6.45, 7) is 13.1. The Labute approximate surface area is 117 Å². The van der Waals surface area contributed by atoms with E-state index in [1.54, 1.807) is 6.92 Å². The third-order valence-corrected chi connectivity index (χ3v) is 3.79. The van der Waals surface area contributed by atoms with Gasteiger partial charge < -0.3 is 10.0 Å². The van der Waals surface area contributed by atoms with E-state index in [-0.39, 0.29) is 11.9 Å². The second-order valence-corrected chi connectivity index (χ2v) is 6.62. The maximum atomic E-state index is 12.4. The minimum atomic E-state index is -0.394. The van der Waals surface area contributed by atoms with Gasteiger partial charge in [-0.25, -0.2) is 0 Å². The second kappa shape index (κ2) is 7.25. The lowest BCUT2D eigenvalue weighted by Crippen LogP contribution is -2.49. The molecule has 0 aromatic heterocycles. The van der Waals surface area contributed by atoms with Crippen LogP contribution in [-0.4, -0.2) is 59.1 Å². The molecule has 1 rings (SSSR count). The minimum absolute atomic E-state index is 0.202. The van der Waals surface area contributed by atoms with Crippen molar-refractivity contribution in [2.75, 3.05) is 26.2 Å². The summed E-state index contributed by atoms with van der Waals surface area (Å²) in [5.74, 6) is 1.39. The van der Waals surface area contributed by atoms with Gasteiger partial charge in [0, 0.05) is 25.7 Å². The van der Waals surface area contributed by atoms with Crippen molar-refractivity contribution in [1.29, 1.82) is 0 Å². The van der Waals surface area contributed by atoms with Gasteiger partial charge in [0.05, 0.1) is 12.6 Å². The van der Waals surface area contributed by atoms with Gasteiger partial charge in [0.2, 0.25) is 5.91 Å². The van der Waals surface area contributed by atoms with Crippen molar-refractivity contribution < 1.29 is 9.90 Å². The smallest absolute Gasteiger partial charge is 0.236 e. The molecule has 1 amide bonds. The van der Waals surface area contributed by atoms with Crippen LogP contribution in [0.25, 0.3) is 0 Å². The normalized spacial score (nSPS) is 26.0. The second-order valence-electron chi connectivity index (χ2n) is 6.62. The van der Waals surface area contributed by atoms with Gasteiger partial charge in [0.15, 0.2) is 0 Å². The molecular weight excluding hydrogens is 240 g/mol. The summed E-state index contributed by atoms with van der Waals surface area (Å²) in [4.78, 5) is 16.4. The maximum absolute atomic E-state index is 12.4. The SMILES string of the molecule is CC(O)CN(CC(=O)N1CC(C)CC(C)C1)C(C)C. The topological polar surface area (TPSA) is 43.8 Å². The van der Waals surface area contributed by atoms with E-state index in [1.807, 2.05) is 4.90 Å². The molecule has 0 aliphatic carbocycles. The van der Waals surface area contributed by atoms with Gasteiger partial charge in [0.1, 0.15) is 0 Å². The van der Waals surface area contributed by atoms with Gasteiger partial charge in [-0.05, 0) is 39.0 Å². The lowest BCUT2D eigenvalue weighted by Gasteiger charge is -2.37. The summed E-state index contributed by atoms with van der Waals surface area (Å²) >= 11 is 0. The largest absolute Gasteiger partial charge is 0.392 e. The van der Waals surface area contributed by atoms with Crippen molar-refractivity contribution in [1.82, 2.24) is 9.80 Å². The number of piperidine rings is 1. The number of amides is 1. The summed E-state index contributed by atoms with van der Waals surface area (Å²) in [6.07, 6.45) is 0.820. The highest BCUT2D eigenvalue weighted by atomic mass is 16.3. The summed E-state index contributed by atoms with van der Waals surface area (Å²) < 4.78 is 0. The van der Waals surface area contributed by atoms with Crippen LogP contribution in [0.1, 0.15) is 41.0 Å². The predicted molar refractivity (Wildman–Crippen MR) is 77.9 cm³/mol. The van der Waals surface area contributed by atoms with Crippen LogP contribution in [0.3, 0.4) is 0 Å².